The fourth-order valence-corrected chi connectivity index (χ4v) is 6.91. The molecule has 10 heteroatoms. The number of hydrogen-bond acceptors (Lipinski definition) is 7. The Balaban J connectivity index is 1.92. The average Bonchev–Trinajstić information content (AvgIpc) is 3.24. The summed E-state index contributed by atoms with van der Waals surface area (Å²) in [6.07, 6.45) is 2.96. The lowest BCUT2D eigenvalue weighted by Gasteiger charge is -2.18. The second kappa shape index (κ2) is 8.62. The van der Waals surface area contributed by atoms with Crippen molar-refractivity contribution >= 4 is 31.2 Å². The highest BCUT2D eigenvalue weighted by molar-refractivity contribution is 7.93. The lowest BCUT2D eigenvalue weighted by molar-refractivity contribution is 0.411. The van der Waals surface area contributed by atoms with Crippen molar-refractivity contribution in [3.8, 4) is 5.75 Å². The molecule has 0 radical (unpaired) electrons. The number of nitrogens with zero attached hydrogens (tertiary/aromatic N) is 1. The van der Waals surface area contributed by atoms with Crippen LogP contribution in [0.25, 0.3) is 0 Å². The van der Waals surface area contributed by atoms with E-state index >= 15 is 0 Å². The summed E-state index contributed by atoms with van der Waals surface area (Å²) >= 11 is 1.09. The quantitative estimate of drug-likeness (QED) is 0.564. The first kappa shape index (κ1) is 21.4. The van der Waals surface area contributed by atoms with Gasteiger partial charge in [-0.15, -0.1) is 11.3 Å². The summed E-state index contributed by atoms with van der Waals surface area (Å²) in [6, 6.07) is 10.8. The molecule has 0 fully saturated rings. The van der Waals surface area contributed by atoms with Gasteiger partial charge in [-0.2, -0.15) is 0 Å². The summed E-state index contributed by atoms with van der Waals surface area (Å²) < 4.78 is 59.5. The van der Waals surface area contributed by atoms with E-state index in [9.17, 15) is 16.8 Å². The van der Waals surface area contributed by atoms with E-state index in [-0.39, 0.29) is 15.6 Å². The second-order valence-corrected chi connectivity index (χ2v) is 11.3. The topological polar surface area (TPSA) is 102 Å². The molecule has 1 N–H and O–H groups in total. The van der Waals surface area contributed by atoms with E-state index in [0.717, 1.165) is 11.3 Å². The van der Waals surface area contributed by atoms with Crippen molar-refractivity contribution in [2.45, 2.75) is 21.3 Å². The molecular weight excluding hydrogens is 432 g/mol. The smallest absolute Gasteiger partial charge is 0.240 e. The van der Waals surface area contributed by atoms with Crippen LogP contribution >= 0.6 is 11.3 Å². The van der Waals surface area contributed by atoms with Crippen LogP contribution < -0.4 is 9.46 Å². The minimum atomic E-state index is -3.93. The van der Waals surface area contributed by atoms with Gasteiger partial charge >= 0.3 is 0 Å². The number of rotatable bonds is 8. The number of nitrogens with one attached hydrogen (secondary N) is 1. The number of aromatic nitrogens is 1. The summed E-state index contributed by atoms with van der Waals surface area (Å²) in [5.74, 6) is 0.567. The molecule has 2 aromatic heterocycles. The summed E-state index contributed by atoms with van der Waals surface area (Å²) in [4.78, 5) is 4.02. The van der Waals surface area contributed by atoms with Gasteiger partial charge in [0.15, 0.2) is 9.84 Å². The molecule has 1 atom stereocenters. The normalized spacial score (nSPS) is 13.2. The molecule has 0 amide bonds. The van der Waals surface area contributed by atoms with Gasteiger partial charge in [0.25, 0.3) is 0 Å². The predicted octanol–water partition coefficient (Wildman–Crippen LogP) is 2.95. The molecule has 154 valence electrons. The van der Waals surface area contributed by atoms with E-state index in [1.54, 1.807) is 36.6 Å². The van der Waals surface area contributed by atoms with Crippen molar-refractivity contribution in [3.05, 3.63) is 71.4 Å². The van der Waals surface area contributed by atoms with Gasteiger partial charge in [-0.3, -0.25) is 4.98 Å². The molecule has 0 spiro atoms. The molecule has 1 unspecified atom stereocenters. The number of hydrogen-bond donors (Lipinski definition) is 1. The fourth-order valence-electron chi connectivity index (χ4n) is 2.83. The molecule has 3 aromatic rings. The maximum atomic E-state index is 13.1. The van der Waals surface area contributed by atoms with Gasteiger partial charge in [0.1, 0.15) is 15.2 Å². The molecule has 0 aliphatic rings. The Morgan fingerprint density at radius 3 is 2.52 bits per heavy atom. The number of sulfone groups is 1. The summed E-state index contributed by atoms with van der Waals surface area (Å²) in [6.45, 7) is 1.41. The molecule has 29 heavy (non-hydrogen) atoms. The van der Waals surface area contributed by atoms with E-state index in [2.05, 4.69) is 9.71 Å². The number of thiophene rings is 1. The SMILES string of the molecule is COc1ccc(S(=O)(=O)NCC(c2cccnc2)S(=O)(=O)c2cccs2)cc1C. The third-order valence-electron chi connectivity index (χ3n) is 4.34. The van der Waals surface area contributed by atoms with Crippen molar-refractivity contribution < 1.29 is 21.6 Å². The summed E-state index contributed by atoms with van der Waals surface area (Å²) in [5, 5.41) is 0.557. The lowest BCUT2D eigenvalue weighted by Crippen LogP contribution is -2.32. The van der Waals surface area contributed by atoms with E-state index < -0.39 is 25.1 Å². The van der Waals surface area contributed by atoms with Gasteiger partial charge in [-0.25, -0.2) is 21.6 Å². The Bertz CT molecular complexity index is 1180. The van der Waals surface area contributed by atoms with Crippen molar-refractivity contribution in [1.82, 2.24) is 9.71 Å². The zero-order valence-corrected chi connectivity index (χ0v) is 18.2. The molecule has 0 aliphatic carbocycles. The van der Waals surface area contributed by atoms with Crippen molar-refractivity contribution in [2.24, 2.45) is 0 Å². The third kappa shape index (κ3) is 4.67. The third-order valence-corrected chi connectivity index (χ3v) is 9.29. The highest BCUT2D eigenvalue weighted by atomic mass is 32.2. The van der Waals surface area contributed by atoms with E-state index in [1.807, 2.05) is 0 Å². The first-order valence-electron chi connectivity index (χ1n) is 8.57. The minimum Gasteiger partial charge on any atom is -0.496 e. The van der Waals surface area contributed by atoms with Crippen LogP contribution in [0.5, 0.6) is 5.75 Å². The van der Waals surface area contributed by atoms with Crippen LogP contribution in [0.3, 0.4) is 0 Å². The highest BCUT2D eigenvalue weighted by Gasteiger charge is 2.31. The monoisotopic (exact) mass is 452 g/mol. The summed E-state index contributed by atoms with van der Waals surface area (Å²) in [7, 11) is -6.23. The maximum absolute atomic E-state index is 13.1. The Labute approximate surface area is 174 Å². The van der Waals surface area contributed by atoms with Gasteiger partial charge in [0.2, 0.25) is 10.0 Å². The van der Waals surface area contributed by atoms with Crippen molar-refractivity contribution in [3.63, 3.8) is 0 Å². The van der Waals surface area contributed by atoms with Crippen LogP contribution in [0.4, 0.5) is 0 Å². The fraction of sp³-hybridized carbons (Fsp3) is 0.211. The Morgan fingerprint density at radius 2 is 1.93 bits per heavy atom. The second-order valence-electron chi connectivity index (χ2n) is 6.24. The minimum absolute atomic E-state index is 0.0364. The first-order valence-corrected chi connectivity index (χ1v) is 12.5. The molecule has 3 rings (SSSR count). The number of methoxy groups -OCH3 is 1. The van der Waals surface area contributed by atoms with Crippen LogP contribution in [0.15, 0.2) is 69.3 Å². The Morgan fingerprint density at radius 1 is 1.14 bits per heavy atom. The zero-order chi connectivity index (χ0) is 21.1. The molecule has 7 nitrogen and oxygen atoms in total. The largest absolute Gasteiger partial charge is 0.496 e. The number of ether oxygens (including phenoxy) is 1. The van der Waals surface area contributed by atoms with Crippen LogP contribution in [-0.2, 0) is 19.9 Å². The molecule has 0 aliphatic heterocycles. The van der Waals surface area contributed by atoms with Gasteiger partial charge < -0.3 is 4.74 Å². The zero-order valence-electron chi connectivity index (χ0n) is 15.8. The Kier molecular flexibility index (Phi) is 6.37. The molecule has 0 saturated carbocycles. The highest BCUT2D eigenvalue weighted by Crippen LogP contribution is 2.31. The van der Waals surface area contributed by atoms with Crippen LogP contribution in [0.1, 0.15) is 16.4 Å². The Hall–Kier alpha value is -2.27. The number of benzene rings is 1. The molecule has 0 saturated heterocycles. The molecule has 0 bridgehead atoms. The number of pyridine rings is 1. The van der Waals surface area contributed by atoms with Crippen molar-refractivity contribution in [1.29, 1.82) is 0 Å². The summed E-state index contributed by atoms with van der Waals surface area (Å²) in [5.41, 5.74) is 1.07. The number of aryl methyl sites for hydroxylation is 1. The van der Waals surface area contributed by atoms with Crippen LogP contribution in [-0.4, -0.2) is 35.5 Å². The predicted molar refractivity (Wildman–Crippen MR) is 111 cm³/mol. The van der Waals surface area contributed by atoms with E-state index in [0.29, 0.717) is 16.9 Å². The van der Waals surface area contributed by atoms with Crippen LogP contribution in [0.2, 0.25) is 0 Å². The van der Waals surface area contributed by atoms with Crippen molar-refractivity contribution in [2.75, 3.05) is 13.7 Å². The van der Waals surface area contributed by atoms with Gasteiger partial charge in [-0.1, -0.05) is 12.1 Å². The molecule has 2 heterocycles. The van der Waals surface area contributed by atoms with Gasteiger partial charge in [0.05, 0.1) is 12.0 Å². The van der Waals surface area contributed by atoms with Gasteiger partial charge in [0, 0.05) is 18.9 Å². The maximum Gasteiger partial charge on any atom is 0.240 e. The molecular formula is C19H20N2O5S3. The standard InChI is InChI=1S/C19H20N2O5S3/c1-14-11-16(7-8-17(14)26-2)29(24,25)21-13-18(15-5-3-9-20-12-15)28(22,23)19-6-4-10-27-19/h3-12,18,21H,13H2,1-2H3. The van der Waals surface area contributed by atoms with E-state index in [1.165, 1.54) is 37.7 Å². The van der Waals surface area contributed by atoms with E-state index in [4.69, 9.17) is 4.74 Å². The van der Waals surface area contributed by atoms with Gasteiger partial charge in [-0.05, 0) is 53.8 Å². The molecule has 1 aromatic carbocycles. The average molecular weight is 453 g/mol. The van der Waals surface area contributed by atoms with Crippen LogP contribution in [0, 0.1) is 6.92 Å². The first-order chi connectivity index (χ1) is 13.8. The number of sulfonamides is 1. The lowest BCUT2D eigenvalue weighted by atomic mass is 10.2.